The minimum atomic E-state index is -4.65. The summed E-state index contributed by atoms with van der Waals surface area (Å²) in [6.07, 6.45) is 2.46. The van der Waals surface area contributed by atoms with Crippen molar-refractivity contribution in [2.45, 2.75) is 17.3 Å². The lowest BCUT2D eigenvalue weighted by Gasteiger charge is -2.34. The van der Waals surface area contributed by atoms with Crippen molar-refractivity contribution < 1.29 is 21.6 Å². The normalized spacial score (nSPS) is 19.5. The van der Waals surface area contributed by atoms with Crippen molar-refractivity contribution in [1.82, 2.24) is 4.98 Å². The lowest BCUT2D eigenvalue weighted by Crippen LogP contribution is -2.35. The summed E-state index contributed by atoms with van der Waals surface area (Å²) >= 11 is 6.43. The summed E-state index contributed by atoms with van der Waals surface area (Å²) in [4.78, 5) is 3.91. The van der Waals surface area contributed by atoms with Crippen LogP contribution in [0.25, 0.3) is 16.5 Å². The average Bonchev–Trinajstić information content (AvgIpc) is 2.72. The molecule has 0 bridgehead atoms. The lowest BCUT2D eigenvalue weighted by molar-refractivity contribution is -0.136. The number of nitrogens with zero attached hydrogens (tertiary/aromatic N) is 1. The second kappa shape index (κ2) is 7.50. The molecule has 0 spiro atoms. The van der Waals surface area contributed by atoms with Crippen molar-refractivity contribution in [2.75, 3.05) is 6.26 Å². The third-order valence-corrected chi connectivity index (χ3v) is 7.60. The standard InChI is InChI=1S/C23H17ClF3NO2S/c1-31(29,30)22(12-6-9-16(13-22)15-7-3-2-4-8-15)20-17-10-5-11-18(23(25,26)27)21(17)28-14-19(20)24/h2-12,14H,13H2,1H3. The minimum absolute atomic E-state index is 0.00351. The molecular formula is C23H17ClF3NO2S. The van der Waals surface area contributed by atoms with Gasteiger partial charge in [-0.25, -0.2) is 8.42 Å². The number of para-hydroxylation sites is 1. The van der Waals surface area contributed by atoms with Crippen LogP contribution in [0.5, 0.6) is 0 Å². The monoisotopic (exact) mass is 463 g/mol. The molecule has 4 rings (SSSR count). The van der Waals surface area contributed by atoms with Gasteiger partial charge in [0.1, 0.15) is 4.75 Å². The topological polar surface area (TPSA) is 47.0 Å². The van der Waals surface area contributed by atoms with Crippen LogP contribution >= 0.6 is 11.6 Å². The molecule has 1 aliphatic carbocycles. The molecule has 0 radical (unpaired) electrons. The zero-order valence-electron chi connectivity index (χ0n) is 16.3. The van der Waals surface area contributed by atoms with Gasteiger partial charge < -0.3 is 0 Å². The SMILES string of the molecule is CS(=O)(=O)C1(c2c(Cl)cnc3c(C(F)(F)F)cccc23)C=CC=C(c2ccccc2)C1. The Labute approximate surface area is 182 Å². The molecule has 0 aliphatic heterocycles. The highest BCUT2D eigenvalue weighted by Crippen LogP contribution is 2.48. The fourth-order valence-corrected chi connectivity index (χ4v) is 5.75. The van der Waals surface area contributed by atoms with Crippen LogP contribution in [0, 0.1) is 0 Å². The number of sulfone groups is 1. The van der Waals surface area contributed by atoms with Gasteiger partial charge in [0.05, 0.1) is 16.1 Å². The Balaban J connectivity index is 2.03. The van der Waals surface area contributed by atoms with E-state index in [-0.39, 0.29) is 27.9 Å². The lowest BCUT2D eigenvalue weighted by atomic mass is 9.83. The molecule has 3 aromatic rings. The molecule has 0 N–H and O–H groups in total. The van der Waals surface area contributed by atoms with E-state index in [1.54, 1.807) is 12.2 Å². The third-order valence-electron chi connectivity index (χ3n) is 5.50. The van der Waals surface area contributed by atoms with Gasteiger partial charge in [-0.3, -0.25) is 4.98 Å². The van der Waals surface area contributed by atoms with Crippen LogP contribution in [0.4, 0.5) is 13.2 Å². The van der Waals surface area contributed by atoms with Crippen molar-refractivity contribution in [1.29, 1.82) is 0 Å². The second-order valence-corrected chi connectivity index (χ2v) is 10.1. The van der Waals surface area contributed by atoms with Crippen LogP contribution in [0.2, 0.25) is 5.02 Å². The van der Waals surface area contributed by atoms with Crippen LogP contribution in [0.1, 0.15) is 23.1 Å². The molecule has 1 atom stereocenters. The molecule has 1 heterocycles. The van der Waals surface area contributed by atoms with Gasteiger partial charge in [0.15, 0.2) is 9.84 Å². The number of fused-ring (bicyclic) bond motifs is 1. The zero-order chi connectivity index (χ0) is 22.4. The number of alkyl halides is 3. The summed E-state index contributed by atoms with van der Waals surface area (Å²) in [6, 6.07) is 12.8. The van der Waals surface area contributed by atoms with Gasteiger partial charge in [-0.15, -0.1) is 0 Å². The number of aromatic nitrogens is 1. The summed E-state index contributed by atoms with van der Waals surface area (Å²) in [5, 5.41) is 0.0583. The first kappa shape index (κ1) is 21.6. The molecule has 0 saturated heterocycles. The number of hydrogen-bond acceptors (Lipinski definition) is 3. The Morgan fingerprint density at radius 2 is 1.77 bits per heavy atom. The first-order valence-corrected chi connectivity index (χ1v) is 11.6. The van der Waals surface area contributed by atoms with E-state index in [4.69, 9.17) is 11.6 Å². The summed E-state index contributed by atoms with van der Waals surface area (Å²) < 4.78 is 65.5. The Kier molecular flexibility index (Phi) is 5.22. The van der Waals surface area contributed by atoms with Crippen molar-refractivity contribution in [3.8, 4) is 0 Å². The number of pyridine rings is 1. The fraction of sp³-hybridized carbons (Fsp3) is 0.174. The van der Waals surface area contributed by atoms with Crippen molar-refractivity contribution in [3.05, 3.63) is 94.7 Å². The number of allylic oxidation sites excluding steroid dienone is 3. The first-order valence-electron chi connectivity index (χ1n) is 9.33. The van der Waals surface area contributed by atoms with E-state index in [0.717, 1.165) is 29.7 Å². The minimum Gasteiger partial charge on any atom is -0.254 e. The van der Waals surface area contributed by atoms with Crippen molar-refractivity contribution in [3.63, 3.8) is 0 Å². The smallest absolute Gasteiger partial charge is 0.254 e. The number of halogens is 4. The van der Waals surface area contributed by atoms with E-state index in [1.165, 1.54) is 18.2 Å². The third kappa shape index (κ3) is 3.66. The van der Waals surface area contributed by atoms with Gasteiger partial charge in [-0.05, 0) is 17.2 Å². The predicted octanol–water partition coefficient (Wildman–Crippen LogP) is 6.19. The highest BCUT2D eigenvalue weighted by Gasteiger charge is 2.45. The van der Waals surface area contributed by atoms with Crippen LogP contribution in [0.15, 0.2) is 73.0 Å². The van der Waals surface area contributed by atoms with E-state index >= 15 is 0 Å². The molecule has 0 saturated carbocycles. The Bertz CT molecular complexity index is 1330. The maximum atomic E-state index is 13.6. The predicted molar refractivity (Wildman–Crippen MR) is 116 cm³/mol. The fourth-order valence-electron chi connectivity index (χ4n) is 4.04. The highest BCUT2D eigenvalue weighted by atomic mass is 35.5. The number of benzene rings is 2. The summed E-state index contributed by atoms with van der Waals surface area (Å²) in [6.45, 7) is 0. The molecule has 3 nitrogen and oxygen atoms in total. The van der Waals surface area contributed by atoms with E-state index in [1.807, 2.05) is 30.3 Å². The molecule has 8 heteroatoms. The van der Waals surface area contributed by atoms with Crippen LogP contribution < -0.4 is 0 Å². The van der Waals surface area contributed by atoms with Gasteiger partial charge in [0.2, 0.25) is 0 Å². The maximum absolute atomic E-state index is 13.6. The van der Waals surface area contributed by atoms with Crippen LogP contribution in [0.3, 0.4) is 0 Å². The van der Waals surface area contributed by atoms with Gasteiger partial charge in [-0.2, -0.15) is 13.2 Å². The molecule has 0 fully saturated rings. The van der Waals surface area contributed by atoms with Gasteiger partial charge in [-0.1, -0.05) is 72.3 Å². The molecule has 0 amide bonds. The molecule has 1 unspecified atom stereocenters. The zero-order valence-corrected chi connectivity index (χ0v) is 17.9. The number of hydrogen-bond donors (Lipinski definition) is 0. The van der Waals surface area contributed by atoms with E-state index in [0.29, 0.717) is 0 Å². The maximum Gasteiger partial charge on any atom is 0.418 e. The largest absolute Gasteiger partial charge is 0.418 e. The van der Waals surface area contributed by atoms with Crippen LogP contribution in [-0.4, -0.2) is 19.7 Å². The van der Waals surface area contributed by atoms with E-state index in [9.17, 15) is 21.6 Å². The first-order chi connectivity index (χ1) is 14.5. The Morgan fingerprint density at radius 1 is 1.06 bits per heavy atom. The summed E-state index contributed by atoms with van der Waals surface area (Å²) in [5.41, 5.74) is 0.393. The second-order valence-electron chi connectivity index (χ2n) is 7.44. The van der Waals surface area contributed by atoms with Gasteiger partial charge >= 0.3 is 6.18 Å². The van der Waals surface area contributed by atoms with Gasteiger partial charge in [0.25, 0.3) is 0 Å². The summed E-state index contributed by atoms with van der Waals surface area (Å²) in [5.74, 6) is 0. The molecule has 31 heavy (non-hydrogen) atoms. The Hall–Kier alpha value is -2.64. The van der Waals surface area contributed by atoms with E-state index < -0.39 is 26.3 Å². The summed E-state index contributed by atoms with van der Waals surface area (Å²) in [7, 11) is -3.86. The van der Waals surface area contributed by atoms with Crippen molar-refractivity contribution in [2.24, 2.45) is 0 Å². The molecule has 1 aliphatic rings. The van der Waals surface area contributed by atoms with Gasteiger partial charge in [0, 0.05) is 29.8 Å². The van der Waals surface area contributed by atoms with Crippen LogP contribution in [-0.2, 0) is 20.8 Å². The molecule has 160 valence electrons. The quantitative estimate of drug-likeness (QED) is 0.465. The van der Waals surface area contributed by atoms with Crippen molar-refractivity contribution >= 4 is 37.9 Å². The molecular weight excluding hydrogens is 447 g/mol. The molecule has 2 aromatic carbocycles. The molecule has 1 aromatic heterocycles. The van der Waals surface area contributed by atoms with E-state index in [2.05, 4.69) is 4.98 Å². The average molecular weight is 464 g/mol. The number of rotatable bonds is 3. The Morgan fingerprint density at radius 3 is 2.42 bits per heavy atom. The highest BCUT2D eigenvalue weighted by molar-refractivity contribution is 7.91.